The van der Waals surface area contributed by atoms with Crippen LogP contribution in [0.25, 0.3) is 0 Å². The zero-order valence-electron chi connectivity index (χ0n) is 11.1. The molecule has 2 aliphatic heterocycles. The maximum Gasteiger partial charge on any atom is 0.247 e. The summed E-state index contributed by atoms with van der Waals surface area (Å²) in [5.74, 6) is 0.407. The maximum atomic E-state index is 12.2. The number of hydrogen-bond donors (Lipinski definition) is 2. The third-order valence-electron chi connectivity index (χ3n) is 4.37. The molecule has 1 aromatic carbocycles. The van der Waals surface area contributed by atoms with Gasteiger partial charge in [0.2, 0.25) is 11.8 Å². The molecule has 2 heterocycles. The minimum absolute atomic E-state index is 0.0341. The van der Waals surface area contributed by atoms with Gasteiger partial charge in [0, 0.05) is 18.5 Å². The van der Waals surface area contributed by atoms with Crippen molar-refractivity contribution in [1.29, 1.82) is 0 Å². The first-order valence-corrected chi connectivity index (χ1v) is 7.19. The molecule has 1 saturated carbocycles. The molecule has 0 spiro atoms. The fourth-order valence-corrected chi connectivity index (χ4v) is 3.17. The van der Waals surface area contributed by atoms with Gasteiger partial charge in [0.05, 0.1) is 11.4 Å². The van der Waals surface area contributed by atoms with E-state index in [0.29, 0.717) is 13.0 Å². The predicted molar refractivity (Wildman–Crippen MR) is 75.5 cm³/mol. The molecule has 0 bridgehead atoms. The lowest BCUT2D eigenvalue weighted by molar-refractivity contribution is -0.123. The van der Waals surface area contributed by atoms with Crippen LogP contribution in [0.1, 0.15) is 19.3 Å². The van der Waals surface area contributed by atoms with E-state index in [9.17, 15) is 9.59 Å². The second kappa shape index (κ2) is 4.23. The average Bonchev–Trinajstić information content (AvgIpc) is 3.20. The Labute approximate surface area is 117 Å². The van der Waals surface area contributed by atoms with E-state index in [1.807, 2.05) is 24.3 Å². The first kappa shape index (κ1) is 11.8. The number of fused-ring (bicyclic) bond motifs is 3. The van der Waals surface area contributed by atoms with E-state index in [4.69, 9.17) is 0 Å². The number of amides is 2. The standard InChI is InChI=1S/C15H17N3O2/c19-14(9-5-6-9)16-10-7-13-15(20)17-11-3-1-2-4-12(11)18(13)8-10/h1-4,9-10,13H,5-8H2,(H,16,19)(H,17,20). The SMILES string of the molecule is O=C(NC1CC2C(=O)Nc3ccccc3N2C1)C1CC1. The Kier molecular flexibility index (Phi) is 2.49. The molecule has 0 aromatic heterocycles. The quantitative estimate of drug-likeness (QED) is 0.847. The Hall–Kier alpha value is -2.04. The number of para-hydroxylation sites is 2. The summed E-state index contributed by atoms with van der Waals surface area (Å²) in [4.78, 5) is 26.1. The molecular formula is C15H17N3O2. The monoisotopic (exact) mass is 271 g/mol. The largest absolute Gasteiger partial charge is 0.356 e. The van der Waals surface area contributed by atoms with Crippen LogP contribution in [-0.4, -0.2) is 30.4 Å². The molecule has 0 radical (unpaired) electrons. The lowest BCUT2D eigenvalue weighted by Crippen LogP contribution is -2.44. The van der Waals surface area contributed by atoms with E-state index < -0.39 is 0 Å². The van der Waals surface area contributed by atoms with Crippen LogP contribution in [0.4, 0.5) is 11.4 Å². The summed E-state index contributed by atoms with van der Waals surface area (Å²) in [6.45, 7) is 0.716. The first-order valence-electron chi connectivity index (χ1n) is 7.19. The minimum atomic E-state index is -0.158. The highest BCUT2D eigenvalue weighted by Crippen LogP contribution is 2.37. The zero-order chi connectivity index (χ0) is 13.7. The topological polar surface area (TPSA) is 61.4 Å². The summed E-state index contributed by atoms with van der Waals surface area (Å²) in [6, 6.07) is 7.75. The second-order valence-corrected chi connectivity index (χ2v) is 5.89. The molecule has 2 atom stereocenters. The van der Waals surface area contributed by atoms with Crippen molar-refractivity contribution >= 4 is 23.2 Å². The molecule has 3 aliphatic rings. The summed E-state index contributed by atoms with van der Waals surface area (Å²) in [5.41, 5.74) is 1.92. The third kappa shape index (κ3) is 1.85. The lowest BCUT2D eigenvalue weighted by Gasteiger charge is -2.32. The van der Waals surface area contributed by atoms with Gasteiger partial charge in [0.25, 0.3) is 0 Å². The van der Waals surface area contributed by atoms with Gasteiger partial charge in [-0.25, -0.2) is 0 Å². The predicted octanol–water partition coefficient (Wildman–Crippen LogP) is 1.11. The number of rotatable bonds is 2. The molecule has 2 unspecified atom stereocenters. The van der Waals surface area contributed by atoms with E-state index in [1.54, 1.807) is 0 Å². The third-order valence-corrected chi connectivity index (χ3v) is 4.37. The van der Waals surface area contributed by atoms with Crippen LogP contribution >= 0.6 is 0 Å². The summed E-state index contributed by atoms with van der Waals surface area (Å²) >= 11 is 0. The number of nitrogens with zero attached hydrogens (tertiary/aromatic N) is 1. The van der Waals surface area contributed by atoms with Crippen molar-refractivity contribution in [3.05, 3.63) is 24.3 Å². The lowest BCUT2D eigenvalue weighted by atomic mass is 10.1. The van der Waals surface area contributed by atoms with Gasteiger partial charge in [0.15, 0.2) is 0 Å². The molecule has 20 heavy (non-hydrogen) atoms. The molecule has 1 aromatic rings. The molecule has 4 rings (SSSR count). The van der Waals surface area contributed by atoms with Gasteiger partial charge in [-0.15, -0.1) is 0 Å². The summed E-state index contributed by atoms with van der Waals surface area (Å²) in [5, 5.41) is 6.03. The molecule has 5 nitrogen and oxygen atoms in total. The van der Waals surface area contributed by atoms with Crippen molar-refractivity contribution in [1.82, 2.24) is 5.32 Å². The van der Waals surface area contributed by atoms with Crippen LogP contribution in [0.15, 0.2) is 24.3 Å². The van der Waals surface area contributed by atoms with Crippen LogP contribution in [-0.2, 0) is 9.59 Å². The number of nitrogens with one attached hydrogen (secondary N) is 2. The molecule has 2 N–H and O–H groups in total. The number of anilines is 2. The Morgan fingerprint density at radius 1 is 1.30 bits per heavy atom. The van der Waals surface area contributed by atoms with Crippen molar-refractivity contribution in [3.8, 4) is 0 Å². The van der Waals surface area contributed by atoms with E-state index in [2.05, 4.69) is 15.5 Å². The van der Waals surface area contributed by atoms with Crippen molar-refractivity contribution < 1.29 is 9.59 Å². The van der Waals surface area contributed by atoms with E-state index in [-0.39, 0.29) is 29.8 Å². The summed E-state index contributed by atoms with van der Waals surface area (Å²) < 4.78 is 0. The van der Waals surface area contributed by atoms with Gasteiger partial charge in [-0.3, -0.25) is 9.59 Å². The average molecular weight is 271 g/mol. The van der Waals surface area contributed by atoms with E-state index in [1.165, 1.54) is 0 Å². The minimum Gasteiger partial charge on any atom is -0.356 e. The van der Waals surface area contributed by atoms with E-state index >= 15 is 0 Å². The Morgan fingerprint density at radius 3 is 2.90 bits per heavy atom. The molecule has 5 heteroatoms. The number of carbonyl (C=O) groups is 2. The molecule has 1 aliphatic carbocycles. The first-order chi connectivity index (χ1) is 9.72. The fraction of sp³-hybridized carbons (Fsp3) is 0.467. The van der Waals surface area contributed by atoms with Gasteiger partial charge < -0.3 is 15.5 Å². The molecule has 104 valence electrons. The van der Waals surface area contributed by atoms with Gasteiger partial charge in [-0.2, -0.15) is 0 Å². The van der Waals surface area contributed by atoms with Crippen molar-refractivity contribution in [3.63, 3.8) is 0 Å². The highest BCUT2D eigenvalue weighted by molar-refractivity contribution is 6.04. The van der Waals surface area contributed by atoms with Crippen LogP contribution in [0, 0.1) is 5.92 Å². The Morgan fingerprint density at radius 2 is 2.10 bits per heavy atom. The van der Waals surface area contributed by atoms with Gasteiger partial charge in [0.1, 0.15) is 6.04 Å². The van der Waals surface area contributed by atoms with Crippen molar-refractivity contribution in [2.75, 3.05) is 16.8 Å². The Balaban J connectivity index is 1.55. The zero-order valence-corrected chi connectivity index (χ0v) is 11.1. The van der Waals surface area contributed by atoms with Crippen LogP contribution < -0.4 is 15.5 Å². The van der Waals surface area contributed by atoms with Gasteiger partial charge >= 0.3 is 0 Å². The second-order valence-electron chi connectivity index (χ2n) is 5.89. The highest BCUT2D eigenvalue weighted by atomic mass is 16.2. The molecule has 2 amide bonds. The number of hydrogen-bond acceptors (Lipinski definition) is 3. The maximum absolute atomic E-state index is 12.2. The van der Waals surface area contributed by atoms with Crippen molar-refractivity contribution in [2.24, 2.45) is 5.92 Å². The number of benzene rings is 1. The number of carbonyl (C=O) groups excluding carboxylic acids is 2. The van der Waals surface area contributed by atoms with Crippen LogP contribution in [0.5, 0.6) is 0 Å². The van der Waals surface area contributed by atoms with Crippen LogP contribution in [0.2, 0.25) is 0 Å². The summed E-state index contributed by atoms with van der Waals surface area (Å²) in [7, 11) is 0. The van der Waals surface area contributed by atoms with E-state index in [0.717, 1.165) is 24.2 Å². The van der Waals surface area contributed by atoms with Gasteiger partial charge in [-0.1, -0.05) is 12.1 Å². The summed E-state index contributed by atoms with van der Waals surface area (Å²) in [6.07, 6.45) is 2.71. The highest BCUT2D eigenvalue weighted by Gasteiger charge is 2.42. The molecule has 1 saturated heterocycles. The van der Waals surface area contributed by atoms with Crippen molar-refractivity contribution in [2.45, 2.75) is 31.3 Å². The molecule has 2 fully saturated rings. The fourth-order valence-electron chi connectivity index (χ4n) is 3.17. The normalized spacial score (nSPS) is 27.6. The van der Waals surface area contributed by atoms with Crippen LogP contribution in [0.3, 0.4) is 0 Å². The Bertz CT molecular complexity index is 582. The smallest absolute Gasteiger partial charge is 0.247 e. The molecular weight excluding hydrogens is 254 g/mol. The van der Waals surface area contributed by atoms with Gasteiger partial charge in [-0.05, 0) is 31.4 Å².